The highest BCUT2D eigenvalue weighted by Gasteiger charge is 2.22. The van der Waals surface area contributed by atoms with Crippen molar-refractivity contribution in [3.05, 3.63) is 38.7 Å². The van der Waals surface area contributed by atoms with Crippen LogP contribution in [0.1, 0.15) is 15.2 Å². The maximum atomic E-state index is 11.2. The molecule has 1 heterocycles. The zero-order valence-corrected chi connectivity index (χ0v) is 11.0. The summed E-state index contributed by atoms with van der Waals surface area (Å²) in [6.07, 6.45) is 0. The third-order valence-corrected chi connectivity index (χ3v) is 3.66. The normalized spacial score (nSPS) is 10.5. The molecular formula is C11H7Cl2NO2S. The third-order valence-electron chi connectivity index (χ3n) is 2.28. The highest BCUT2D eigenvalue weighted by atomic mass is 35.5. The van der Waals surface area contributed by atoms with E-state index >= 15 is 0 Å². The summed E-state index contributed by atoms with van der Waals surface area (Å²) < 4.78 is 4.12. The first-order chi connectivity index (χ1) is 8.02. The van der Waals surface area contributed by atoms with Crippen molar-refractivity contribution in [2.45, 2.75) is 6.92 Å². The average Bonchev–Trinajstić information content (AvgIpc) is 2.60. The summed E-state index contributed by atoms with van der Waals surface area (Å²) in [7, 11) is 0. The van der Waals surface area contributed by atoms with Gasteiger partial charge in [0.2, 0.25) is 0 Å². The predicted molar refractivity (Wildman–Crippen MR) is 69.3 cm³/mol. The van der Waals surface area contributed by atoms with Crippen molar-refractivity contribution in [1.29, 1.82) is 0 Å². The molecule has 6 heteroatoms. The topological polar surface area (TPSA) is 50.2 Å². The minimum atomic E-state index is -1.03. The molecule has 0 bridgehead atoms. The van der Waals surface area contributed by atoms with E-state index in [2.05, 4.69) is 4.37 Å². The molecule has 0 unspecified atom stereocenters. The first-order valence-corrected chi connectivity index (χ1v) is 6.19. The van der Waals surface area contributed by atoms with E-state index in [-0.39, 0.29) is 5.56 Å². The summed E-state index contributed by atoms with van der Waals surface area (Å²) in [5, 5.41) is 9.95. The maximum Gasteiger partial charge on any atom is 0.339 e. The molecule has 2 rings (SSSR count). The van der Waals surface area contributed by atoms with Gasteiger partial charge < -0.3 is 5.11 Å². The van der Waals surface area contributed by atoms with Gasteiger partial charge in [0, 0.05) is 10.4 Å². The standard InChI is InChI=1S/C11H7Cl2NO2S/c1-5-8(11(15)16)10(14-17-5)9-6(12)3-2-4-7(9)13/h2-4H,1H3,(H,15,16). The molecule has 88 valence electrons. The Balaban J connectivity index is 2.73. The van der Waals surface area contributed by atoms with Gasteiger partial charge >= 0.3 is 5.97 Å². The molecule has 2 aromatic rings. The Kier molecular flexibility index (Phi) is 3.38. The van der Waals surface area contributed by atoms with E-state index in [0.717, 1.165) is 11.5 Å². The van der Waals surface area contributed by atoms with E-state index in [1.165, 1.54) is 0 Å². The SMILES string of the molecule is Cc1snc(-c2c(Cl)cccc2Cl)c1C(=O)O. The van der Waals surface area contributed by atoms with Crippen LogP contribution in [0.25, 0.3) is 11.3 Å². The molecule has 0 saturated carbocycles. The van der Waals surface area contributed by atoms with Gasteiger partial charge in [-0.3, -0.25) is 0 Å². The summed E-state index contributed by atoms with van der Waals surface area (Å²) in [5.74, 6) is -1.03. The lowest BCUT2D eigenvalue weighted by Crippen LogP contribution is -1.99. The quantitative estimate of drug-likeness (QED) is 0.904. The van der Waals surface area contributed by atoms with Gasteiger partial charge in [-0.15, -0.1) is 0 Å². The first kappa shape index (κ1) is 12.4. The first-order valence-electron chi connectivity index (χ1n) is 4.66. The number of aryl methyl sites for hydroxylation is 1. The van der Waals surface area contributed by atoms with Crippen LogP contribution < -0.4 is 0 Å². The molecular weight excluding hydrogens is 281 g/mol. The van der Waals surface area contributed by atoms with Crippen molar-refractivity contribution in [1.82, 2.24) is 4.37 Å². The van der Waals surface area contributed by atoms with Crippen molar-refractivity contribution in [3.63, 3.8) is 0 Å². The molecule has 0 radical (unpaired) electrons. The highest BCUT2D eigenvalue weighted by Crippen LogP contribution is 2.37. The second-order valence-electron chi connectivity index (χ2n) is 3.36. The Hall–Kier alpha value is -1.10. The Morgan fingerprint density at radius 3 is 2.47 bits per heavy atom. The molecule has 0 saturated heterocycles. The summed E-state index contributed by atoms with van der Waals surface area (Å²) in [6, 6.07) is 5.01. The van der Waals surface area contributed by atoms with Crippen LogP contribution in [0.3, 0.4) is 0 Å². The smallest absolute Gasteiger partial charge is 0.339 e. The lowest BCUT2D eigenvalue weighted by Gasteiger charge is -2.05. The van der Waals surface area contributed by atoms with Crippen molar-refractivity contribution < 1.29 is 9.90 Å². The number of nitrogens with zero attached hydrogens (tertiary/aromatic N) is 1. The second kappa shape index (κ2) is 4.64. The largest absolute Gasteiger partial charge is 0.478 e. The fourth-order valence-electron chi connectivity index (χ4n) is 1.52. The van der Waals surface area contributed by atoms with Crippen molar-refractivity contribution in [3.8, 4) is 11.3 Å². The third kappa shape index (κ3) is 2.16. The molecule has 0 aliphatic carbocycles. The number of hydrogen-bond acceptors (Lipinski definition) is 3. The zero-order valence-electron chi connectivity index (χ0n) is 8.70. The van der Waals surface area contributed by atoms with Crippen LogP contribution in [0.4, 0.5) is 0 Å². The summed E-state index contributed by atoms with van der Waals surface area (Å²) >= 11 is 13.2. The predicted octanol–water partition coefficient (Wildman–Crippen LogP) is 4.12. The highest BCUT2D eigenvalue weighted by molar-refractivity contribution is 7.06. The van der Waals surface area contributed by atoms with Crippen LogP contribution in [0.15, 0.2) is 18.2 Å². The van der Waals surface area contributed by atoms with E-state index in [4.69, 9.17) is 28.3 Å². The Labute approximate surface area is 112 Å². The average molecular weight is 288 g/mol. The summed E-state index contributed by atoms with van der Waals surface area (Å²) in [4.78, 5) is 11.8. The monoisotopic (exact) mass is 287 g/mol. The van der Waals surface area contributed by atoms with Gasteiger partial charge in [-0.05, 0) is 30.6 Å². The maximum absolute atomic E-state index is 11.2. The number of carbonyl (C=O) groups is 1. The van der Waals surface area contributed by atoms with Gasteiger partial charge in [0.05, 0.1) is 10.0 Å². The van der Waals surface area contributed by atoms with E-state index in [1.807, 2.05) is 0 Å². The number of hydrogen-bond donors (Lipinski definition) is 1. The zero-order chi connectivity index (χ0) is 12.6. The van der Waals surface area contributed by atoms with Crippen LogP contribution >= 0.6 is 34.7 Å². The summed E-state index contributed by atoms with van der Waals surface area (Å²) in [6.45, 7) is 1.70. The minimum absolute atomic E-state index is 0.157. The van der Waals surface area contributed by atoms with Crippen LogP contribution in [-0.2, 0) is 0 Å². The molecule has 0 spiro atoms. The van der Waals surface area contributed by atoms with E-state index in [0.29, 0.717) is 26.2 Å². The van der Waals surface area contributed by atoms with Gasteiger partial charge in [-0.25, -0.2) is 4.79 Å². The van der Waals surface area contributed by atoms with Crippen LogP contribution in [0.2, 0.25) is 10.0 Å². The van der Waals surface area contributed by atoms with Crippen molar-refractivity contribution >= 4 is 40.7 Å². The molecule has 3 nitrogen and oxygen atoms in total. The van der Waals surface area contributed by atoms with E-state index in [1.54, 1.807) is 25.1 Å². The van der Waals surface area contributed by atoms with Crippen molar-refractivity contribution in [2.75, 3.05) is 0 Å². The van der Waals surface area contributed by atoms with Gasteiger partial charge in [-0.1, -0.05) is 29.3 Å². The molecule has 0 aliphatic heterocycles. The number of halogens is 2. The number of carboxylic acid groups (broad SMARTS) is 1. The number of aromatic carboxylic acids is 1. The number of rotatable bonds is 2. The van der Waals surface area contributed by atoms with Gasteiger partial charge in [0.15, 0.2) is 0 Å². The molecule has 0 fully saturated rings. The van der Waals surface area contributed by atoms with Crippen molar-refractivity contribution in [2.24, 2.45) is 0 Å². The Bertz CT molecular complexity index is 575. The number of aromatic nitrogens is 1. The number of benzene rings is 1. The minimum Gasteiger partial charge on any atom is -0.478 e. The Morgan fingerprint density at radius 2 is 1.94 bits per heavy atom. The molecule has 0 aliphatic rings. The van der Waals surface area contributed by atoms with E-state index in [9.17, 15) is 4.79 Å². The van der Waals surface area contributed by atoms with Gasteiger partial charge in [0.1, 0.15) is 11.3 Å². The molecule has 17 heavy (non-hydrogen) atoms. The lowest BCUT2D eigenvalue weighted by atomic mass is 10.1. The fourth-order valence-corrected chi connectivity index (χ4v) is 2.78. The van der Waals surface area contributed by atoms with Gasteiger partial charge in [-0.2, -0.15) is 4.37 Å². The molecule has 0 atom stereocenters. The van der Waals surface area contributed by atoms with Gasteiger partial charge in [0.25, 0.3) is 0 Å². The lowest BCUT2D eigenvalue weighted by molar-refractivity contribution is 0.0697. The molecule has 1 aromatic carbocycles. The molecule has 1 N–H and O–H groups in total. The Morgan fingerprint density at radius 1 is 1.35 bits per heavy atom. The van der Waals surface area contributed by atoms with Crippen LogP contribution in [-0.4, -0.2) is 15.4 Å². The van der Waals surface area contributed by atoms with Crippen LogP contribution in [0.5, 0.6) is 0 Å². The number of carboxylic acids is 1. The van der Waals surface area contributed by atoms with E-state index < -0.39 is 5.97 Å². The molecule has 1 aromatic heterocycles. The second-order valence-corrected chi connectivity index (χ2v) is 5.16. The summed E-state index contributed by atoms with van der Waals surface area (Å²) in [5.41, 5.74) is 0.957. The fraction of sp³-hybridized carbons (Fsp3) is 0.0909. The van der Waals surface area contributed by atoms with Crippen LogP contribution in [0, 0.1) is 6.92 Å². The molecule has 0 amide bonds.